The number of halogens is 1. The molecule has 0 unspecified atom stereocenters. The van der Waals surface area contributed by atoms with E-state index >= 15 is 0 Å². The first-order valence-corrected chi connectivity index (χ1v) is 5.75. The lowest BCUT2D eigenvalue weighted by molar-refractivity contribution is 0.0698. The summed E-state index contributed by atoms with van der Waals surface area (Å²) in [4.78, 5) is 23.1. The molecule has 1 amide bonds. The molecule has 1 aromatic carbocycles. The Morgan fingerprint density at radius 2 is 2.00 bits per heavy atom. The Labute approximate surface area is 113 Å². The SMILES string of the molecule is Cc1occc1C(=O)Nc1c(Cl)cccc1C(=O)O. The minimum absolute atomic E-state index is 0.0676. The molecule has 1 aromatic heterocycles. The first-order valence-electron chi connectivity index (χ1n) is 5.38. The van der Waals surface area contributed by atoms with E-state index in [4.69, 9.17) is 21.1 Å². The van der Waals surface area contributed by atoms with Gasteiger partial charge in [-0.2, -0.15) is 0 Å². The van der Waals surface area contributed by atoms with E-state index in [9.17, 15) is 9.59 Å². The first kappa shape index (κ1) is 13.2. The minimum Gasteiger partial charge on any atom is -0.478 e. The van der Waals surface area contributed by atoms with Crippen LogP contribution in [0, 0.1) is 6.92 Å². The van der Waals surface area contributed by atoms with Gasteiger partial charge in [-0.05, 0) is 25.1 Å². The number of nitrogens with one attached hydrogen (secondary N) is 1. The summed E-state index contributed by atoms with van der Waals surface area (Å²) in [6.45, 7) is 1.64. The minimum atomic E-state index is -1.17. The number of furan rings is 1. The highest BCUT2D eigenvalue weighted by molar-refractivity contribution is 6.34. The molecule has 6 heteroatoms. The average Bonchev–Trinajstić information content (AvgIpc) is 2.77. The summed E-state index contributed by atoms with van der Waals surface area (Å²) in [5.74, 6) is -1.19. The fourth-order valence-corrected chi connectivity index (χ4v) is 1.85. The number of aromatic carboxylic acids is 1. The number of benzene rings is 1. The van der Waals surface area contributed by atoms with Gasteiger partial charge in [-0.25, -0.2) is 4.79 Å². The van der Waals surface area contributed by atoms with Gasteiger partial charge in [0.15, 0.2) is 0 Å². The van der Waals surface area contributed by atoms with E-state index < -0.39 is 11.9 Å². The Bertz CT molecular complexity index is 648. The quantitative estimate of drug-likeness (QED) is 0.904. The number of carboxylic acids is 1. The lowest BCUT2D eigenvalue weighted by Crippen LogP contribution is -2.15. The molecule has 2 N–H and O–H groups in total. The number of aryl methyl sites for hydroxylation is 1. The fourth-order valence-electron chi connectivity index (χ4n) is 1.63. The highest BCUT2D eigenvalue weighted by Crippen LogP contribution is 2.27. The molecule has 5 nitrogen and oxygen atoms in total. The van der Waals surface area contributed by atoms with Crippen LogP contribution in [0.5, 0.6) is 0 Å². The van der Waals surface area contributed by atoms with Gasteiger partial charge >= 0.3 is 5.97 Å². The van der Waals surface area contributed by atoms with Crippen molar-refractivity contribution in [1.29, 1.82) is 0 Å². The Morgan fingerprint density at radius 3 is 2.58 bits per heavy atom. The maximum Gasteiger partial charge on any atom is 0.337 e. The zero-order valence-electron chi connectivity index (χ0n) is 9.94. The largest absolute Gasteiger partial charge is 0.478 e. The third-order valence-corrected chi connectivity index (χ3v) is 2.90. The number of hydrogen-bond donors (Lipinski definition) is 2. The van der Waals surface area contributed by atoms with E-state index in [0.717, 1.165) is 0 Å². The normalized spacial score (nSPS) is 10.2. The molecular formula is C13H10ClNO4. The molecule has 1 heterocycles. The topological polar surface area (TPSA) is 79.5 Å². The van der Waals surface area contributed by atoms with Crippen LogP contribution in [0.15, 0.2) is 34.9 Å². The molecule has 2 aromatic rings. The summed E-state index contributed by atoms with van der Waals surface area (Å²) in [7, 11) is 0. The van der Waals surface area contributed by atoms with Gasteiger partial charge in [-0.15, -0.1) is 0 Å². The molecule has 0 fully saturated rings. The highest BCUT2D eigenvalue weighted by Gasteiger charge is 2.18. The van der Waals surface area contributed by atoms with E-state index in [0.29, 0.717) is 11.3 Å². The van der Waals surface area contributed by atoms with Crippen molar-refractivity contribution in [1.82, 2.24) is 0 Å². The van der Waals surface area contributed by atoms with E-state index in [1.54, 1.807) is 6.92 Å². The molecule has 0 saturated carbocycles. The second kappa shape index (κ2) is 5.16. The molecule has 2 rings (SSSR count). The Kier molecular flexibility index (Phi) is 3.57. The average molecular weight is 280 g/mol. The number of carboxylic acid groups (broad SMARTS) is 1. The van der Waals surface area contributed by atoms with Crippen LogP contribution in [0.3, 0.4) is 0 Å². The van der Waals surface area contributed by atoms with Crippen LogP contribution in [-0.4, -0.2) is 17.0 Å². The van der Waals surface area contributed by atoms with Gasteiger partial charge < -0.3 is 14.8 Å². The number of carbonyl (C=O) groups is 2. The lowest BCUT2D eigenvalue weighted by atomic mass is 10.1. The molecular weight excluding hydrogens is 270 g/mol. The number of carbonyl (C=O) groups excluding carboxylic acids is 1. The Hall–Kier alpha value is -2.27. The van der Waals surface area contributed by atoms with Gasteiger partial charge in [0, 0.05) is 0 Å². The van der Waals surface area contributed by atoms with Crippen LogP contribution in [0.1, 0.15) is 26.5 Å². The molecule has 0 spiro atoms. The van der Waals surface area contributed by atoms with Crippen molar-refractivity contribution in [3.8, 4) is 0 Å². The van der Waals surface area contributed by atoms with Crippen molar-refractivity contribution in [2.24, 2.45) is 0 Å². The van der Waals surface area contributed by atoms with Crippen LogP contribution in [-0.2, 0) is 0 Å². The predicted molar refractivity (Wildman–Crippen MR) is 69.8 cm³/mol. The fraction of sp³-hybridized carbons (Fsp3) is 0.0769. The Morgan fingerprint density at radius 1 is 1.26 bits per heavy atom. The summed E-state index contributed by atoms with van der Waals surface area (Å²) >= 11 is 5.92. The van der Waals surface area contributed by atoms with E-state index in [1.165, 1.54) is 30.5 Å². The van der Waals surface area contributed by atoms with Gasteiger partial charge in [0.1, 0.15) is 5.76 Å². The highest BCUT2D eigenvalue weighted by atomic mass is 35.5. The Balaban J connectivity index is 2.36. The molecule has 19 heavy (non-hydrogen) atoms. The van der Waals surface area contributed by atoms with Crippen molar-refractivity contribution >= 4 is 29.2 Å². The van der Waals surface area contributed by atoms with Crippen LogP contribution >= 0.6 is 11.6 Å². The zero-order valence-corrected chi connectivity index (χ0v) is 10.7. The van der Waals surface area contributed by atoms with Crippen LogP contribution < -0.4 is 5.32 Å². The molecule has 0 aliphatic heterocycles. The van der Waals surface area contributed by atoms with E-state index in [2.05, 4.69) is 5.32 Å². The molecule has 0 aliphatic rings. The monoisotopic (exact) mass is 279 g/mol. The first-order chi connectivity index (χ1) is 9.00. The summed E-state index contributed by atoms with van der Waals surface area (Å²) < 4.78 is 5.02. The van der Waals surface area contributed by atoms with E-state index in [-0.39, 0.29) is 16.3 Å². The number of amides is 1. The van der Waals surface area contributed by atoms with Crippen LogP contribution in [0.25, 0.3) is 0 Å². The summed E-state index contributed by atoms with van der Waals surface area (Å²) in [6.07, 6.45) is 1.38. The number of rotatable bonds is 3. The summed E-state index contributed by atoms with van der Waals surface area (Å²) in [5, 5.41) is 11.7. The summed E-state index contributed by atoms with van der Waals surface area (Å²) in [5.41, 5.74) is 0.334. The van der Waals surface area contributed by atoms with Crippen molar-refractivity contribution in [3.05, 3.63) is 52.4 Å². The molecule has 0 bridgehead atoms. The van der Waals surface area contributed by atoms with Crippen molar-refractivity contribution in [2.75, 3.05) is 5.32 Å². The molecule has 98 valence electrons. The van der Waals surface area contributed by atoms with Gasteiger partial charge in [-0.3, -0.25) is 4.79 Å². The maximum atomic E-state index is 12.0. The predicted octanol–water partition coefficient (Wildman–Crippen LogP) is 3.19. The second-order valence-electron chi connectivity index (χ2n) is 3.81. The maximum absolute atomic E-state index is 12.0. The summed E-state index contributed by atoms with van der Waals surface area (Å²) in [6, 6.07) is 5.88. The number of anilines is 1. The zero-order chi connectivity index (χ0) is 14.0. The standard InChI is InChI=1S/C13H10ClNO4/c1-7-8(5-6-19-7)12(16)15-11-9(13(17)18)3-2-4-10(11)14/h2-6H,1H3,(H,15,16)(H,17,18). The van der Waals surface area contributed by atoms with Crippen molar-refractivity contribution < 1.29 is 19.1 Å². The van der Waals surface area contributed by atoms with Crippen molar-refractivity contribution in [2.45, 2.75) is 6.92 Å². The number of hydrogen-bond acceptors (Lipinski definition) is 3. The van der Waals surface area contributed by atoms with Gasteiger partial charge in [-0.1, -0.05) is 17.7 Å². The van der Waals surface area contributed by atoms with Crippen LogP contribution in [0.4, 0.5) is 5.69 Å². The molecule has 0 aliphatic carbocycles. The van der Waals surface area contributed by atoms with Gasteiger partial charge in [0.2, 0.25) is 0 Å². The molecule has 0 saturated heterocycles. The van der Waals surface area contributed by atoms with Crippen LogP contribution in [0.2, 0.25) is 5.02 Å². The smallest absolute Gasteiger partial charge is 0.337 e. The second-order valence-corrected chi connectivity index (χ2v) is 4.22. The van der Waals surface area contributed by atoms with Gasteiger partial charge in [0.25, 0.3) is 5.91 Å². The lowest BCUT2D eigenvalue weighted by Gasteiger charge is -2.09. The number of para-hydroxylation sites is 1. The van der Waals surface area contributed by atoms with E-state index in [1.807, 2.05) is 0 Å². The van der Waals surface area contributed by atoms with Crippen molar-refractivity contribution in [3.63, 3.8) is 0 Å². The third-order valence-electron chi connectivity index (χ3n) is 2.59. The molecule has 0 atom stereocenters. The molecule has 0 radical (unpaired) electrons. The third kappa shape index (κ3) is 2.61. The van der Waals surface area contributed by atoms with Gasteiger partial charge in [0.05, 0.1) is 28.1 Å².